The van der Waals surface area contributed by atoms with Gasteiger partial charge in [-0.05, 0) is 66.5 Å². The first-order chi connectivity index (χ1) is 9.62. The molecule has 2 rings (SSSR count). The molecule has 0 amide bonds. The highest BCUT2D eigenvalue weighted by Crippen LogP contribution is 2.16. The highest BCUT2D eigenvalue weighted by Gasteiger charge is 2.02. The van der Waals surface area contributed by atoms with E-state index in [9.17, 15) is 4.39 Å². The lowest BCUT2D eigenvalue weighted by Gasteiger charge is -2.08. The third kappa shape index (κ3) is 3.69. The van der Waals surface area contributed by atoms with Gasteiger partial charge >= 0.3 is 0 Å². The number of alkyl halides is 1. The third-order valence-electron chi connectivity index (χ3n) is 3.95. The first-order valence-corrected chi connectivity index (χ1v) is 7.36. The third-order valence-corrected chi connectivity index (χ3v) is 3.95. The molecule has 0 spiro atoms. The molecule has 0 aliphatic carbocycles. The van der Waals surface area contributed by atoms with Crippen LogP contribution in [0.3, 0.4) is 0 Å². The number of halogens is 1. The summed E-state index contributed by atoms with van der Waals surface area (Å²) in [6.45, 7) is 6.03. The van der Waals surface area contributed by atoms with Crippen molar-refractivity contribution in [2.45, 2.75) is 46.7 Å². The summed E-state index contributed by atoms with van der Waals surface area (Å²) in [6.07, 6.45) is 2.95. The molecular formula is C19H23F. The van der Waals surface area contributed by atoms with Crippen LogP contribution < -0.4 is 0 Å². The quantitative estimate of drug-likeness (QED) is 0.707. The Morgan fingerprint density at radius 2 is 1.40 bits per heavy atom. The maximum atomic E-state index is 12.9. The SMILES string of the molecule is CCc1cc(CF)cc(CCc2ccc(C)c(C)c2)c1. The van der Waals surface area contributed by atoms with Gasteiger partial charge in [-0.2, -0.15) is 0 Å². The molecule has 0 saturated carbocycles. The van der Waals surface area contributed by atoms with Crippen LogP contribution in [0.25, 0.3) is 0 Å². The molecular weight excluding hydrogens is 247 g/mol. The van der Waals surface area contributed by atoms with Crippen LogP contribution in [-0.4, -0.2) is 0 Å². The van der Waals surface area contributed by atoms with Crippen LogP contribution in [0, 0.1) is 13.8 Å². The summed E-state index contributed by atoms with van der Waals surface area (Å²) < 4.78 is 12.9. The lowest BCUT2D eigenvalue weighted by molar-refractivity contribution is 0.484. The van der Waals surface area contributed by atoms with E-state index in [0.717, 1.165) is 24.8 Å². The van der Waals surface area contributed by atoms with Gasteiger partial charge in [0.05, 0.1) is 0 Å². The predicted octanol–water partition coefficient (Wildman–Crippen LogP) is 5.12. The van der Waals surface area contributed by atoms with Crippen molar-refractivity contribution in [2.24, 2.45) is 0 Å². The van der Waals surface area contributed by atoms with Gasteiger partial charge in [0.2, 0.25) is 0 Å². The van der Waals surface area contributed by atoms with E-state index in [2.05, 4.69) is 45.0 Å². The van der Waals surface area contributed by atoms with Crippen LogP contribution in [0.5, 0.6) is 0 Å². The molecule has 106 valence electrons. The van der Waals surface area contributed by atoms with E-state index in [1.807, 2.05) is 12.1 Å². The minimum Gasteiger partial charge on any atom is -0.246 e. The molecule has 0 aliphatic rings. The molecule has 0 radical (unpaired) electrons. The number of aryl methyl sites for hydroxylation is 5. The fourth-order valence-electron chi connectivity index (χ4n) is 2.51. The van der Waals surface area contributed by atoms with Crippen LogP contribution in [0.2, 0.25) is 0 Å². The molecule has 0 bridgehead atoms. The van der Waals surface area contributed by atoms with Gasteiger partial charge in [-0.1, -0.05) is 43.3 Å². The minimum absolute atomic E-state index is 0.371. The Morgan fingerprint density at radius 1 is 0.750 bits per heavy atom. The van der Waals surface area contributed by atoms with Crippen molar-refractivity contribution in [3.8, 4) is 0 Å². The van der Waals surface area contributed by atoms with E-state index in [1.165, 1.54) is 27.8 Å². The zero-order chi connectivity index (χ0) is 14.5. The van der Waals surface area contributed by atoms with Gasteiger partial charge in [0.15, 0.2) is 0 Å². The lowest BCUT2D eigenvalue weighted by atomic mass is 9.97. The zero-order valence-corrected chi connectivity index (χ0v) is 12.7. The monoisotopic (exact) mass is 270 g/mol. The molecule has 20 heavy (non-hydrogen) atoms. The molecule has 0 nitrogen and oxygen atoms in total. The first kappa shape index (κ1) is 14.8. The van der Waals surface area contributed by atoms with Gasteiger partial charge in [-0.3, -0.25) is 0 Å². The van der Waals surface area contributed by atoms with E-state index in [0.29, 0.717) is 0 Å². The van der Waals surface area contributed by atoms with E-state index < -0.39 is 0 Å². The van der Waals surface area contributed by atoms with Gasteiger partial charge in [0, 0.05) is 0 Å². The van der Waals surface area contributed by atoms with Crippen molar-refractivity contribution in [1.82, 2.24) is 0 Å². The van der Waals surface area contributed by atoms with Crippen molar-refractivity contribution in [3.05, 3.63) is 69.8 Å². The fraction of sp³-hybridized carbons (Fsp3) is 0.368. The normalized spacial score (nSPS) is 10.8. The molecule has 0 heterocycles. The highest BCUT2D eigenvalue weighted by atomic mass is 19.1. The largest absolute Gasteiger partial charge is 0.246 e. The Kier molecular flexibility index (Phi) is 4.94. The molecule has 1 heteroatoms. The van der Waals surface area contributed by atoms with E-state index in [-0.39, 0.29) is 6.67 Å². The molecule has 2 aromatic rings. The van der Waals surface area contributed by atoms with Gasteiger partial charge in [0.1, 0.15) is 6.67 Å². The molecule has 0 N–H and O–H groups in total. The van der Waals surface area contributed by atoms with Crippen molar-refractivity contribution in [3.63, 3.8) is 0 Å². The molecule has 0 aliphatic heterocycles. The smallest absolute Gasteiger partial charge is 0.115 e. The molecule has 0 fully saturated rings. The Bertz CT molecular complexity index is 562. The standard InChI is InChI=1S/C19H23F/c1-4-16-10-18(12-19(11-16)13-20)8-7-17-6-5-14(2)15(3)9-17/h5-6,9-12H,4,7-8,13H2,1-3H3. The first-order valence-electron chi connectivity index (χ1n) is 7.36. The molecule has 0 atom stereocenters. The van der Waals surface area contributed by atoms with Gasteiger partial charge < -0.3 is 0 Å². The van der Waals surface area contributed by atoms with E-state index in [4.69, 9.17) is 0 Å². The fourth-order valence-corrected chi connectivity index (χ4v) is 2.51. The molecule has 2 aromatic carbocycles. The van der Waals surface area contributed by atoms with Crippen molar-refractivity contribution in [1.29, 1.82) is 0 Å². The Labute approximate surface area is 121 Å². The van der Waals surface area contributed by atoms with Gasteiger partial charge in [-0.15, -0.1) is 0 Å². The Hall–Kier alpha value is -1.63. The minimum atomic E-state index is -0.371. The maximum Gasteiger partial charge on any atom is 0.115 e. The predicted molar refractivity (Wildman–Crippen MR) is 84.0 cm³/mol. The summed E-state index contributed by atoms with van der Waals surface area (Å²) in [5.74, 6) is 0. The van der Waals surface area contributed by atoms with Crippen molar-refractivity contribution >= 4 is 0 Å². The summed E-state index contributed by atoms with van der Waals surface area (Å²) in [5.41, 5.74) is 7.32. The summed E-state index contributed by atoms with van der Waals surface area (Å²) in [7, 11) is 0. The lowest BCUT2D eigenvalue weighted by Crippen LogP contribution is -1.96. The summed E-state index contributed by atoms with van der Waals surface area (Å²) in [6, 6.07) is 12.8. The second kappa shape index (κ2) is 6.69. The number of rotatable bonds is 5. The Balaban J connectivity index is 2.11. The van der Waals surface area contributed by atoms with Crippen molar-refractivity contribution in [2.75, 3.05) is 0 Å². The number of hydrogen-bond donors (Lipinski definition) is 0. The molecule has 0 aromatic heterocycles. The van der Waals surface area contributed by atoms with Gasteiger partial charge in [0.25, 0.3) is 0 Å². The second-order valence-corrected chi connectivity index (χ2v) is 5.56. The van der Waals surface area contributed by atoms with Crippen LogP contribution in [-0.2, 0) is 25.9 Å². The summed E-state index contributed by atoms with van der Waals surface area (Å²) >= 11 is 0. The van der Waals surface area contributed by atoms with E-state index >= 15 is 0 Å². The molecule has 0 unspecified atom stereocenters. The van der Waals surface area contributed by atoms with Crippen LogP contribution in [0.1, 0.15) is 40.3 Å². The summed E-state index contributed by atoms with van der Waals surface area (Å²) in [4.78, 5) is 0. The van der Waals surface area contributed by atoms with Gasteiger partial charge in [-0.25, -0.2) is 4.39 Å². The van der Waals surface area contributed by atoms with Crippen LogP contribution in [0.15, 0.2) is 36.4 Å². The number of benzene rings is 2. The second-order valence-electron chi connectivity index (χ2n) is 5.56. The highest BCUT2D eigenvalue weighted by molar-refractivity contribution is 5.33. The van der Waals surface area contributed by atoms with E-state index in [1.54, 1.807) is 0 Å². The average molecular weight is 270 g/mol. The van der Waals surface area contributed by atoms with Crippen molar-refractivity contribution < 1.29 is 4.39 Å². The number of hydrogen-bond acceptors (Lipinski definition) is 0. The Morgan fingerprint density at radius 3 is 2.05 bits per heavy atom. The zero-order valence-electron chi connectivity index (χ0n) is 12.7. The summed E-state index contributed by atoms with van der Waals surface area (Å²) in [5, 5.41) is 0. The van der Waals surface area contributed by atoms with Crippen LogP contribution >= 0.6 is 0 Å². The molecule has 0 saturated heterocycles. The van der Waals surface area contributed by atoms with Crippen LogP contribution in [0.4, 0.5) is 4.39 Å². The average Bonchev–Trinajstić information content (AvgIpc) is 2.48. The maximum absolute atomic E-state index is 12.9. The topological polar surface area (TPSA) is 0 Å².